The van der Waals surface area contributed by atoms with Crippen LogP contribution in [0.2, 0.25) is 5.02 Å². The molecule has 0 aliphatic carbocycles. The normalized spacial score (nSPS) is 10.6. The van der Waals surface area contributed by atoms with Crippen molar-refractivity contribution in [2.75, 3.05) is 5.32 Å². The van der Waals surface area contributed by atoms with Gasteiger partial charge < -0.3 is 5.32 Å². The molecule has 0 aliphatic rings. The van der Waals surface area contributed by atoms with Crippen LogP contribution in [-0.4, -0.2) is 4.98 Å². The Kier molecular flexibility index (Phi) is 3.90. The molecule has 0 atom stereocenters. The van der Waals surface area contributed by atoms with E-state index in [-0.39, 0.29) is 5.82 Å². The molecule has 2 nitrogen and oxygen atoms in total. The molecule has 1 aromatic heterocycles. The number of aryl methyl sites for hydroxylation is 1. The van der Waals surface area contributed by atoms with Gasteiger partial charge in [0.1, 0.15) is 5.82 Å². The number of hydrogen-bond donors (Lipinski definition) is 1. The molecule has 0 fully saturated rings. The summed E-state index contributed by atoms with van der Waals surface area (Å²) in [6.45, 7) is 1.75. The third-order valence-electron chi connectivity index (χ3n) is 3.05. The van der Waals surface area contributed by atoms with Crippen LogP contribution in [0.15, 0.2) is 47.8 Å². The zero-order chi connectivity index (χ0) is 14.8. The van der Waals surface area contributed by atoms with Crippen LogP contribution in [0.5, 0.6) is 0 Å². The summed E-state index contributed by atoms with van der Waals surface area (Å²) in [5, 5.41) is 6.65. The lowest BCUT2D eigenvalue weighted by Crippen LogP contribution is -1.89. The molecule has 21 heavy (non-hydrogen) atoms. The predicted octanol–water partition coefficient (Wildman–Crippen LogP) is 5.65. The molecule has 5 heteroatoms. The van der Waals surface area contributed by atoms with E-state index in [4.69, 9.17) is 11.6 Å². The van der Waals surface area contributed by atoms with Gasteiger partial charge in [-0.05, 0) is 55.0 Å². The monoisotopic (exact) mass is 318 g/mol. The maximum atomic E-state index is 13.3. The summed E-state index contributed by atoms with van der Waals surface area (Å²) >= 11 is 7.36. The van der Waals surface area contributed by atoms with Gasteiger partial charge in [0.15, 0.2) is 5.13 Å². The van der Waals surface area contributed by atoms with Gasteiger partial charge in [0, 0.05) is 21.7 Å². The predicted molar refractivity (Wildman–Crippen MR) is 87.0 cm³/mol. The van der Waals surface area contributed by atoms with Crippen molar-refractivity contribution >= 4 is 33.8 Å². The average molecular weight is 319 g/mol. The highest BCUT2D eigenvalue weighted by molar-refractivity contribution is 7.14. The lowest BCUT2D eigenvalue weighted by molar-refractivity contribution is 0.619. The van der Waals surface area contributed by atoms with Gasteiger partial charge in [-0.15, -0.1) is 11.3 Å². The van der Waals surface area contributed by atoms with Crippen LogP contribution in [0, 0.1) is 12.7 Å². The minimum Gasteiger partial charge on any atom is -0.332 e. The molecule has 0 spiro atoms. The first kappa shape index (κ1) is 14.0. The van der Waals surface area contributed by atoms with Gasteiger partial charge >= 0.3 is 0 Å². The number of benzene rings is 2. The first-order valence-electron chi connectivity index (χ1n) is 6.36. The summed E-state index contributed by atoms with van der Waals surface area (Å²) in [5.74, 6) is -0.200. The van der Waals surface area contributed by atoms with Gasteiger partial charge in [-0.25, -0.2) is 9.37 Å². The maximum Gasteiger partial charge on any atom is 0.187 e. The summed E-state index contributed by atoms with van der Waals surface area (Å²) in [5.41, 5.74) is 3.29. The SMILES string of the molecule is Cc1cc(-c2csc(Nc3ccc(Cl)cc3)n2)ccc1F. The van der Waals surface area contributed by atoms with E-state index in [0.717, 1.165) is 22.1 Å². The second-order valence-electron chi connectivity index (χ2n) is 4.63. The Balaban J connectivity index is 1.82. The molecule has 3 aromatic rings. The summed E-state index contributed by atoms with van der Waals surface area (Å²) in [7, 11) is 0. The number of hydrogen-bond acceptors (Lipinski definition) is 3. The van der Waals surface area contributed by atoms with Crippen molar-refractivity contribution in [3.63, 3.8) is 0 Å². The van der Waals surface area contributed by atoms with Crippen molar-refractivity contribution in [3.8, 4) is 11.3 Å². The molecule has 2 aromatic carbocycles. The molecule has 0 radical (unpaired) electrons. The molecule has 0 amide bonds. The minimum atomic E-state index is -0.200. The molecular weight excluding hydrogens is 307 g/mol. The van der Waals surface area contributed by atoms with E-state index in [0.29, 0.717) is 10.6 Å². The fourth-order valence-corrected chi connectivity index (χ4v) is 2.79. The Morgan fingerprint density at radius 2 is 1.90 bits per heavy atom. The van der Waals surface area contributed by atoms with Crippen LogP contribution in [0.3, 0.4) is 0 Å². The van der Waals surface area contributed by atoms with Gasteiger partial charge in [0.05, 0.1) is 5.69 Å². The van der Waals surface area contributed by atoms with Crippen LogP contribution in [-0.2, 0) is 0 Å². The lowest BCUT2D eigenvalue weighted by Gasteiger charge is -2.02. The Morgan fingerprint density at radius 1 is 1.14 bits per heavy atom. The van der Waals surface area contributed by atoms with Crippen molar-refractivity contribution in [2.24, 2.45) is 0 Å². The zero-order valence-electron chi connectivity index (χ0n) is 11.2. The number of anilines is 2. The molecule has 0 saturated heterocycles. The van der Waals surface area contributed by atoms with E-state index in [9.17, 15) is 4.39 Å². The molecule has 106 valence electrons. The zero-order valence-corrected chi connectivity index (χ0v) is 12.8. The Labute approximate surface area is 131 Å². The molecule has 1 N–H and O–H groups in total. The maximum absolute atomic E-state index is 13.3. The van der Waals surface area contributed by atoms with Gasteiger partial charge in [0.2, 0.25) is 0 Å². The van der Waals surface area contributed by atoms with E-state index < -0.39 is 0 Å². The van der Waals surface area contributed by atoms with Crippen molar-refractivity contribution in [1.29, 1.82) is 0 Å². The van der Waals surface area contributed by atoms with Gasteiger partial charge in [-0.2, -0.15) is 0 Å². The fraction of sp³-hybridized carbons (Fsp3) is 0.0625. The molecule has 0 unspecified atom stereocenters. The molecule has 1 heterocycles. The summed E-state index contributed by atoms with van der Waals surface area (Å²) < 4.78 is 13.3. The van der Waals surface area contributed by atoms with Crippen LogP contribution < -0.4 is 5.32 Å². The third-order valence-corrected chi connectivity index (χ3v) is 4.06. The van der Waals surface area contributed by atoms with E-state index >= 15 is 0 Å². The second-order valence-corrected chi connectivity index (χ2v) is 5.93. The highest BCUT2D eigenvalue weighted by atomic mass is 35.5. The van der Waals surface area contributed by atoms with Gasteiger partial charge in [0.25, 0.3) is 0 Å². The van der Waals surface area contributed by atoms with E-state index in [1.807, 2.05) is 29.6 Å². The molecule has 0 aliphatic heterocycles. The highest BCUT2D eigenvalue weighted by Crippen LogP contribution is 2.28. The Morgan fingerprint density at radius 3 is 2.62 bits per heavy atom. The number of thiazole rings is 1. The van der Waals surface area contributed by atoms with Crippen molar-refractivity contribution < 1.29 is 4.39 Å². The first-order valence-corrected chi connectivity index (χ1v) is 7.62. The topological polar surface area (TPSA) is 24.9 Å². The number of aromatic nitrogens is 1. The summed E-state index contributed by atoms with van der Waals surface area (Å²) in [4.78, 5) is 4.52. The standard InChI is InChI=1S/C16H12ClFN2S/c1-10-8-11(2-7-14(10)18)15-9-21-16(20-15)19-13-5-3-12(17)4-6-13/h2-9H,1H3,(H,19,20). The first-order chi connectivity index (χ1) is 10.1. The van der Waals surface area contributed by atoms with E-state index in [2.05, 4.69) is 10.3 Å². The third kappa shape index (κ3) is 3.23. The van der Waals surface area contributed by atoms with Crippen LogP contribution in [0.4, 0.5) is 15.2 Å². The summed E-state index contributed by atoms with van der Waals surface area (Å²) in [6.07, 6.45) is 0. The van der Waals surface area contributed by atoms with E-state index in [1.54, 1.807) is 19.1 Å². The Hall–Kier alpha value is -1.91. The molecule has 3 rings (SSSR count). The van der Waals surface area contributed by atoms with Crippen LogP contribution in [0.25, 0.3) is 11.3 Å². The number of rotatable bonds is 3. The quantitative estimate of drug-likeness (QED) is 0.674. The highest BCUT2D eigenvalue weighted by Gasteiger charge is 2.07. The van der Waals surface area contributed by atoms with Crippen LogP contribution in [0.1, 0.15) is 5.56 Å². The van der Waals surface area contributed by atoms with Crippen molar-refractivity contribution in [2.45, 2.75) is 6.92 Å². The lowest BCUT2D eigenvalue weighted by atomic mass is 10.1. The smallest absolute Gasteiger partial charge is 0.187 e. The molecule has 0 bridgehead atoms. The van der Waals surface area contributed by atoms with E-state index in [1.165, 1.54) is 17.4 Å². The number of nitrogens with one attached hydrogen (secondary N) is 1. The average Bonchev–Trinajstić information content (AvgIpc) is 2.93. The van der Waals surface area contributed by atoms with Crippen LogP contribution >= 0.6 is 22.9 Å². The minimum absolute atomic E-state index is 0.200. The molecule has 0 saturated carbocycles. The Bertz CT molecular complexity index is 768. The largest absolute Gasteiger partial charge is 0.332 e. The van der Waals surface area contributed by atoms with Crippen molar-refractivity contribution in [3.05, 3.63) is 64.2 Å². The van der Waals surface area contributed by atoms with Gasteiger partial charge in [-0.1, -0.05) is 11.6 Å². The number of halogens is 2. The van der Waals surface area contributed by atoms with Gasteiger partial charge in [-0.3, -0.25) is 0 Å². The van der Waals surface area contributed by atoms with Crippen molar-refractivity contribution in [1.82, 2.24) is 4.98 Å². The number of nitrogens with zero attached hydrogens (tertiary/aromatic N) is 1. The fourth-order valence-electron chi connectivity index (χ4n) is 1.92. The second kappa shape index (κ2) is 5.84. The molecular formula is C16H12ClFN2S. The summed E-state index contributed by atoms with van der Waals surface area (Å²) in [6, 6.07) is 12.4.